The number of nitrogens with zero attached hydrogens (tertiary/aromatic N) is 10. The molecule has 6 atom stereocenters. The number of terminal acetylenes is 1. The molecule has 694 valence electrons. The van der Waals surface area contributed by atoms with Crippen LogP contribution in [0.15, 0.2) is 241 Å². The molecule has 0 aliphatic carbocycles. The molecule has 0 bridgehead atoms. The Balaban J connectivity index is 0.000000149. The fourth-order valence-electron chi connectivity index (χ4n) is 17.2. The van der Waals surface area contributed by atoms with E-state index < -0.39 is 82.4 Å². The number of rotatable bonds is 14. The summed E-state index contributed by atoms with van der Waals surface area (Å²) in [6.07, 6.45) is 14.4. The molecule has 15 heterocycles. The minimum absolute atomic E-state index is 0.0589. The van der Waals surface area contributed by atoms with Crippen LogP contribution in [0.5, 0.6) is 0 Å². The normalized spacial score (nSPS) is 17.8. The van der Waals surface area contributed by atoms with Crippen LogP contribution in [0.4, 0.5) is 0 Å². The van der Waals surface area contributed by atoms with Gasteiger partial charge in [0.05, 0.1) is 29.2 Å². The number of pyridine rings is 10. The van der Waals surface area contributed by atoms with Gasteiger partial charge in [0.15, 0.2) is 58.9 Å². The lowest BCUT2D eigenvalue weighted by atomic mass is 9.91. The number of aromatic nitrogens is 10. The van der Waals surface area contributed by atoms with Crippen LogP contribution in [0.1, 0.15) is 281 Å². The van der Waals surface area contributed by atoms with Crippen molar-refractivity contribution in [3.8, 4) is 68.6 Å². The van der Waals surface area contributed by atoms with E-state index in [1.165, 1.54) is 41.5 Å². The summed E-state index contributed by atoms with van der Waals surface area (Å²) in [7, 11) is 9.42. The zero-order valence-electron chi connectivity index (χ0n) is 108. The molecule has 136 heavy (non-hydrogen) atoms. The third kappa shape index (κ3) is 19.6. The van der Waals surface area contributed by atoms with E-state index in [0.29, 0.717) is 95.8 Å². The first-order chi connectivity index (χ1) is 74.8. The standard InChI is InChI=1S/2C25H29N2O.C24H27N2O.C23H25N2O.C21H21N2O.C3H4/c1-15(2)17-12-13-27(7)20(14-17)22-16(3)8-9-18-19-10-11-21(25(4,5)6)26-24(19)28-23(18)22;1-15(2)13-19-8-10-21-20-9-7-17(5)23(24(20)28-25(21)26-19)22-14-18(16(3)4)11-12-27(22)6;1-14(2)17-11-12-26(6)21(13-17)22-16(5)7-8-18-19-9-10-20(15(3)4)25-24(19)27-23(18)22;1-6-17-8-10-19-18-9-7-15(4)21(22(18)26-23(19)24-17)20-13-16(14(2)3)11-12-25(20)5;1-13(2)15-9-11-23(4)18(12-15)19-14(3)7-8-16-17-6-5-10-22-21(17)24-20(16)19;1-3-2/h8-15H,1-7H3;7-12,14-16H,13H2,1-6H3;7-15H,1-6H3;7-14H,6H2,1-5H3;5-13H,1-4H3;1H,2H3/q5*+1;/i1D3,15D;1D3,3D3,15D,16D;1D3,14D,15D;2D3,14D;1D3,10D,13D;. The van der Waals surface area contributed by atoms with Gasteiger partial charge in [0, 0.05) is 183 Å². The molecule has 5 aromatic carbocycles. The number of furan rings is 5. The lowest BCUT2D eigenvalue weighted by Gasteiger charge is -2.16. The van der Waals surface area contributed by atoms with Crippen molar-refractivity contribution in [2.45, 2.75) is 219 Å². The third-order valence-electron chi connectivity index (χ3n) is 24.8. The van der Waals surface area contributed by atoms with Gasteiger partial charge in [0.25, 0.3) is 0 Å². The van der Waals surface area contributed by atoms with Crippen molar-refractivity contribution in [2.75, 3.05) is 0 Å². The highest BCUT2D eigenvalue weighted by Gasteiger charge is 2.30. The van der Waals surface area contributed by atoms with Crippen molar-refractivity contribution >= 4 is 110 Å². The molecule has 0 radical (unpaired) electrons. The Hall–Kier alpha value is -13.8. The van der Waals surface area contributed by atoms with Gasteiger partial charge in [-0.3, -0.25) is 0 Å². The van der Waals surface area contributed by atoms with Crippen molar-refractivity contribution in [1.29, 1.82) is 0 Å². The van der Waals surface area contributed by atoms with E-state index in [1.54, 1.807) is 125 Å². The summed E-state index contributed by atoms with van der Waals surface area (Å²) in [5.41, 5.74) is 23.4. The maximum atomic E-state index is 8.53. The SMILES string of the molecule is C#CC.[2H]C(C)(C)c1ccc2c(n1)oc1c(-c3cc(C([2H])(C)C([2H])([2H])[2H])cc[n+]3C)c(C)ccc12.[2H]C([2H])([2H])C([2H])(C)Cc1ccc2c(n1)oc1c(-c3cc(C([2H])(C)C([2H])([2H])[2H])cc[n+]3C)c(C)ccc12.[2H]C([2H])([2H])C([2H])(C)c1cc[n+](C)c(-c2c(C)ccc3c2oc2nc(C(C)(C)C)ccc23)c1.[2H]C([2H])([2H])C([2H])(C)c1cc[n+](C)c(-c2c(C)ccc3c2oc2nc(CC)ccc23)c1.[2H]c1ccc2c(n1)oc1c(-c3cc(C([2H])(C)C([2H])([2H])[2H])cc[n+]3C)c(C)ccc12. The van der Waals surface area contributed by atoms with Crippen LogP contribution in [-0.2, 0) is 53.5 Å². The average Bonchev–Trinajstić information content (AvgIpc) is 1.57. The summed E-state index contributed by atoms with van der Waals surface area (Å²) in [4.78, 5) is 22.7. The number of fused-ring (bicyclic) bond motifs is 15. The van der Waals surface area contributed by atoms with Gasteiger partial charge < -0.3 is 22.1 Å². The first-order valence-corrected chi connectivity index (χ1v) is 45.3. The highest BCUT2D eigenvalue weighted by Crippen LogP contribution is 2.45. The molecule has 15 aromatic heterocycles. The Labute approximate surface area is 839 Å². The lowest BCUT2D eigenvalue weighted by molar-refractivity contribution is -0.660. The Morgan fingerprint density at radius 3 is 0.941 bits per heavy atom. The van der Waals surface area contributed by atoms with Gasteiger partial charge >= 0.3 is 0 Å². The van der Waals surface area contributed by atoms with E-state index in [1.807, 2.05) is 196 Å². The van der Waals surface area contributed by atoms with Crippen molar-refractivity contribution in [3.63, 3.8) is 0 Å². The van der Waals surface area contributed by atoms with Gasteiger partial charge in [-0.2, -0.15) is 0 Å². The third-order valence-corrected chi connectivity index (χ3v) is 24.8. The van der Waals surface area contributed by atoms with Crippen molar-refractivity contribution < 1.29 is 80.6 Å². The van der Waals surface area contributed by atoms with Gasteiger partial charge in [0.1, 0.15) is 35.2 Å². The predicted octanol–water partition coefficient (Wildman–Crippen LogP) is 29.3. The maximum absolute atomic E-state index is 8.53. The highest BCUT2D eigenvalue weighted by molar-refractivity contribution is 6.13. The second-order valence-corrected chi connectivity index (χ2v) is 36.4. The molecule has 20 rings (SSSR count). The van der Waals surface area contributed by atoms with Gasteiger partial charge in [-0.1, -0.05) is 185 Å². The summed E-state index contributed by atoms with van der Waals surface area (Å²) >= 11 is 0. The van der Waals surface area contributed by atoms with E-state index in [2.05, 4.69) is 66.0 Å². The number of hydrogen-bond donors (Lipinski definition) is 0. The molecule has 0 saturated heterocycles. The average molecular weight is 1840 g/mol. The molecule has 0 aliphatic rings. The van der Waals surface area contributed by atoms with E-state index in [9.17, 15) is 0 Å². The lowest BCUT2D eigenvalue weighted by Crippen LogP contribution is -2.31. The molecule has 0 amide bonds. The van der Waals surface area contributed by atoms with Crippen LogP contribution in [0.25, 0.3) is 167 Å². The number of benzene rings is 5. The Kier molecular flexibility index (Phi) is 20.1. The fourth-order valence-corrected chi connectivity index (χ4v) is 17.2. The molecule has 0 N–H and O–H groups in total. The fraction of sp³-hybridized carbons (Fsp3) is 0.322. The summed E-state index contributed by atoms with van der Waals surface area (Å²) in [6.45, 7) is 17.2. The van der Waals surface area contributed by atoms with Crippen LogP contribution in [-0.4, -0.2) is 24.9 Å². The summed E-state index contributed by atoms with van der Waals surface area (Å²) < 4.78 is 247. The molecule has 0 aliphatic heterocycles. The second kappa shape index (κ2) is 40.0. The Bertz CT molecular complexity index is 9000. The van der Waals surface area contributed by atoms with Crippen LogP contribution in [0.2, 0.25) is 0 Å². The van der Waals surface area contributed by atoms with Gasteiger partial charge in [-0.05, 0) is 212 Å². The molecule has 20 aromatic rings. The predicted molar refractivity (Wildman–Crippen MR) is 560 cm³/mol. The Morgan fingerprint density at radius 2 is 0.632 bits per heavy atom. The van der Waals surface area contributed by atoms with Crippen molar-refractivity contribution in [1.82, 2.24) is 24.9 Å². The van der Waals surface area contributed by atoms with Gasteiger partial charge in [0.2, 0.25) is 57.0 Å². The maximum Gasteiger partial charge on any atom is 0.227 e. The van der Waals surface area contributed by atoms with E-state index >= 15 is 0 Å². The Morgan fingerprint density at radius 1 is 0.353 bits per heavy atom. The van der Waals surface area contributed by atoms with Crippen LogP contribution >= 0.6 is 0 Å². The zero-order chi connectivity index (χ0) is 120. The topological polar surface area (TPSA) is 150 Å². The highest BCUT2D eigenvalue weighted by atomic mass is 16.4. The van der Waals surface area contributed by atoms with E-state index in [4.69, 9.17) is 62.7 Å². The van der Waals surface area contributed by atoms with Crippen LogP contribution in [0, 0.1) is 52.9 Å². The summed E-state index contributed by atoms with van der Waals surface area (Å²) in [5.74, 6) is -9.02. The number of hydrogen-bond acceptors (Lipinski definition) is 10. The van der Waals surface area contributed by atoms with Gasteiger partial charge in [-0.15, -0.1) is 12.3 Å². The first kappa shape index (κ1) is 68.2. The monoisotopic (exact) mass is 1830 g/mol. The molecule has 0 saturated carbocycles. The molecule has 0 fully saturated rings. The number of aryl methyl sites for hydroxylation is 11. The quantitative estimate of drug-likeness (QED) is 0.0760. The minimum atomic E-state index is -2.51. The minimum Gasteiger partial charge on any atom is -0.437 e. The smallest absolute Gasteiger partial charge is 0.227 e. The van der Waals surface area contributed by atoms with Crippen LogP contribution < -0.4 is 22.8 Å². The molecule has 15 heteroatoms. The van der Waals surface area contributed by atoms with Crippen molar-refractivity contribution in [3.05, 3.63) is 298 Å². The van der Waals surface area contributed by atoms with E-state index in [0.717, 1.165) is 156 Å². The molecular weight excluding hydrogens is 1670 g/mol. The first-order valence-electron chi connectivity index (χ1n) is 58.3. The molecular formula is C121H135N10O5+5. The molecule has 0 spiro atoms. The van der Waals surface area contributed by atoms with Gasteiger partial charge in [-0.25, -0.2) is 47.8 Å². The summed E-state index contributed by atoms with van der Waals surface area (Å²) in [5, 5.41) is 8.85. The van der Waals surface area contributed by atoms with E-state index in [-0.39, 0.29) is 18.0 Å². The zero-order valence-corrected chi connectivity index (χ0v) is 81.7. The van der Waals surface area contributed by atoms with Crippen LogP contribution in [0.3, 0.4) is 0 Å². The molecule has 15 nitrogen and oxygen atoms in total. The summed E-state index contributed by atoms with van der Waals surface area (Å²) in [6, 6.07) is 56.1. The second-order valence-electron chi connectivity index (χ2n) is 36.4. The largest absolute Gasteiger partial charge is 0.437 e. The van der Waals surface area contributed by atoms with Crippen molar-refractivity contribution in [2.24, 2.45) is 41.1 Å². The molecule has 6 unspecified atom stereocenters.